The van der Waals surface area contributed by atoms with Crippen molar-refractivity contribution in [1.29, 1.82) is 0 Å². The van der Waals surface area contributed by atoms with E-state index in [-0.39, 0.29) is 34.9 Å². The van der Waals surface area contributed by atoms with E-state index in [0.29, 0.717) is 43.3 Å². The maximum atomic E-state index is 12.7. The van der Waals surface area contributed by atoms with Crippen molar-refractivity contribution in [2.75, 3.05) is 0 Å². The summed E-state index contributed by atoms with van der Waals surface area (Å²) in [7, 11) is 0. The van der Waals surface area contributed by atoms with E-state index < -0.39 is 41.1 Å². The Kier molecular flexibility index (Phi) is 7.54. The number of allylic oxidation sites excluding steroid dienone is 2. The van der Waals surface area contributed by atoms with Crippen LogP contribution in [-0.4, -0.2) is 51.4 Å². The van der Waals surface area contributed by atoms with Gasteiger partial charge in [-0.15, -0.1) is 0 Å². The van der Waals surface area contributed by atoms with Gasteiger partial charge in [-0.25, -0.2) is 4.79 Å². The van der Waals surface area contributed by atoms with E-state index in [1.54, 1.807) is 0 Å². The van der Waals surface area contributed by atoms with E-state index in [4.69, 9.17) is 4.74 Å². The van der Waals surface area contributed by atoms with Crippen molar-refractivity contribution in [3.05, 3.63) is 22.8 Å². The molecule has 0 radical (unpaired) electrons. The number of carboxylic acid groups (broad SMARTS) is 1. The third-order valence-corrected chi connectivity index (χ3v) is 11.5. The first-order valence-corrected chi connectivity index (χ1v) is 14.3. The Morgan fingerprint density at radius 1 is 1.11 bits per heavy atom. The second-order valence-corrected chi connectivity index (χ2v) is 13.5. The first-order valence-electron chi connectivity index (χ1n) is 14.3. The second-order valence-electron chi connectivity index (χ2n) is 13.5. The zero-order valence-electron chi connectivity index (χ0n) is 24.0. The van der Waals surface area contributed by atoms with Crippen molar-refractivity contribution in [3.63, 3.8) is 0 Å². The number of aliphatic hydroxyl groups excluding tert-OH is 2. The molecular formula is C31H46O7. The Morgan fingerprint density at radius 3 is 2.34 bits per heavy atom. The Hall–Kier alpha value is -1.99. The lowest BCUT2D eigenvalue weighted by atomic mass is 9.36. The van der Waals surface area contributed by atoms with E-state index in [1.165, 1.54) is 6.92 Å². The third-order valence-electron chi connectivity index (χ3n) is 11.5. The van der Waals surface area contributed by atoms with Gasteiger partial charge in [0, 0.05) is 36.2 Å². The summed E-state index contributed by atoms with van der Waals surface area (Å²) < 4.78 is 5.82. The zero-order valence-corrected chi connectivity index (χ0v) is 24.0. The fourth-order valence-corrected chi connectivity index (χ4v) is 9.66. The summed E-state index contributed by atoms with van der Waals surface area (Å²) in [6.07, 6.45) is 3.13. The molecule has 4 saturated carbocycles. The number of aliphatic hydroxyl groups is 2. The summed E-state index contributed by atoms with van der Waals surface area (Å²) in [4.78, 5) is 37.5. The summed E-state index contributed by atoms with van der Waals surface area (Å²) in [5.74, 6) is -2.12. The minimum atomic E-state index is -1.08. The third kappa shape index (κ3) is 4.11. The molecule has 4 rings (SSSR count). The van der Waals surface area contributed by atoms with Gasteiger partial charge in [0.25, 0.3) is 0 Å². The number of hydrogen-bond acceptors (Lipinski definition) is 6. The first kappa shape index (κ1) is 29.0. The van der Waals surface area contributed by atoms with Gasteiger partial charge < -0.3 is 20.1 Å². The van der Waals surface area contributed by atoms with Crippen LogP contribution in [0.15, 0.2) is 22.8 Å². The van der Waals surface area contributed by atoms with Gasteiger partial charge in [0.1, 0.15) is 11.9 Å². The van der Waals surface area contributed by atoms with Crippen molar-refractivity contribution in [2.24, 2.45) is 39.9 Å². The molecule has 212 valence electrons. The van der Waals surface area contributed by atoms with E-state index in [0.717, 1.165) is 18.4 Å². The van der Waals surface area contributed by atoms with Crippen LogP contribution in [0.4, 0.5) is 0 Å². The molecule has 0 unspecified atom stereocenters. The molecule has 7 nitrogen and oxygen atoms in total. The quantitative estimate of drug-likeness (QED) is 0.264. The molecule has 4 aliphatic carbocycles. The molecule has 4 fully saturated rings. The lowest BCUT2D eigenvalue weighted by Gasteiger charge is -2.69. The van der Waals surface area contributed by atoms with Crippen molar-refractivity contribution in [3.8, 4) is 0 Å². The molecule has 0 bridgehead atoms. The molecule has 0 saturated heterocycles. The van der Waals surface area contributed by atoms with Gasteiger partial charge in [-0.2, -0.15) is 0 Å². The zero-order chi connectivity index (χ0) is 28.4. The Bertz CT molecular complexity index is 1070. The molecule has 4 aliphatic rings. The van der Waals surface area contributed by atoms with E-state index in [1.807, 2.05) is 26.8 Å². The standard InChI is InChI=1S/C31H46O7/c1-16(2)9-8-10-19(28(36)37)24-20-11-12-23-29(5)14-13-21(33)17(3)25(29)26(34)27(35)31(23,7)30(20,6)15-22(24)38-18(4)32/h9,17,20,22-23,25-27,34-35H,8,10-15H2,1-7H3,(H,36,37)/b24-19-/t17-,20+,22+,23+,25-,26-,27+,29-,30+,31-/m1/s1. The van der Waals surface area contributed by atoms with Gasteiger partial charge in [0.05, 0.1) is 12.2 Å². The Balaban J connectivity index is 1.86. The number of ketones is 1. The number of hydrogen-bond donors (Lipinski definition) is 3. The maximum absolute atomic E-state index is 12.7. The van der Waals surface area contributed by atoms with Crippen LogP contribution < -0.4 is 0 Å². The molecule has 0 heterocycles. The molecule has 0 aromatic rings. The van der Waals surface area contributed by atoms with Crippen molar-refractivity contribution >= 4 is 17.7 Å². The van der Waals surface area contributed by atoms with Crippen LogP contribution in [-0.2, 0) is 19.1 Å². The highest BCUT2D eigenvalue weighted by Gasteiger charge is 2.73. The van der Waals surface area contributed by atoms with Crippen molar-refractivity contribution < 1.29 is 34.4 Å². The summed E-state index contributed by atoms with van der Waals surface area (Å²) >= 11 is 0. The second kappa shape index (κ2) is 9.88. The van der Waals surface area contributed by atoms with Crippen LogP contribution in [0, 0.1) is 39.9 Å². The van der Waals surface area contributed by atoms with Gasteiger partial charge in [0.2, 0.25) is 0 Å². The Labute approximate surface area is 226 Å². The molecular weight excluding hydrogens is 484 g/mol. The molecule has 0 amide bonds. The SMILES string of the molecule is CC(=O)O[C@H]1C[C@@]2(C)[C@@H](CC[C@H]3[C@@]4(C)CCC(=O)[C@@H](C)[C@@H]4[C@@H](O)[C@H](O)[C@@]32C)/C1=C(\CCC=C(C)C)C(=O)O. The number of carboxylic acids is 1. The summed E-state index contributed by atoms with van der Waals surface area (Å²) in [5.41, 5.74) is 0.390. The highest BCUT2D eigenvalue weighted by atomic mass is 16.5. The molecule has 7 heteroatoms. The number of ether oxygens (including phenoxy) is 1. The number of aliphatic carboxylic acids is 1. The fraction of sp³-hybridized carbons (Fsp3) is 0.774. The van der Waals surface area contributed by atoms with Crippen molar-refractivity contribution in [2.45, 2.75) is 112 Å². The van der Waals surface area contributed by atoms with Gasteiger partial charge in [-0.05, 0) is 80.6 Å². The highest BCUT2D eigenvalue weighted by molar-refractivity contribution is 5.88. The summed E-state index contributed by atoms with van der Waals surface area (Å²) in [6, 6.07) is 0. The normalized spacial score (nSPS) is 45.4. The lowest BCUT2D eigenvalue weighted by molar-refractivity contribution is -0.274. The molecule has 3 N–H and O–H groups in total. The average molecular weight is 531 g/mol. The molecule has 0 aliphatic heterocycles. The molecule has 0 aromatic heterocycles. The van der Waals surface area contributed by atoms with E-state index in [2.05, 4.69) is 20.8 Å². The lowest BCUT2D eigenvalue weighted by Crippen LogP contribution is -2.71. The topological polar surface area (TPSA) is 121 Å². The predicted molar refractivity (Wildman–Crippen MR) is 143 cm³/mol. The summed E-state index contributed by atoms with van der Waals surface area (Å²) in [5, 5.41) is 33.8. The van der Waals surface area contributed by atoms with Crippen LogP contribution in [0.3, 0.4) is 0 Å². The largest absolute Gasteiger partial charge is 0.478 e. The van der Waals surface area contributed by atoms with Crippen LogP contribution in [0.1, 0.15) is 93.4 Å². The monoisotopic (exact) mass is 530 g/mol. The van der Waals surface area contributed by atoms with Crippen LogP contribution >= 0.6 is 0 Å². The number of carbonyl (C=O) groups excluding carboxylic acids is 2. The predicted octanol–water partition coefficient (Wildman–Crippen LogP) is 4.85. The molecule has 10 atom stereocenters. The van der Waals surface area contributed by atoms with Gasteiger partial charge >= 0.3 is 11.9 Å². The minimum Gasteiger partial charge on any atom is -0.478 e. The molecule has 0 spiro atoms. The van der Waals surface area contributed by atoms with Gasteiger partial charge in [0.15, 0.2) is 0 Å². The van der Waals surface area contributed by atoms with E-state index >= 15 is 0 Å². The number of rotatable bonds is 5. The van der Waals surface area contributed by atoms with Crippen LogP contribution in [0.25, 0.3) is 0 Å². The number of fused-ring (bicyclic) bond motifs is 5. The number of esters is 1. The fourth-order valence-electron chi connectivity index (χ4n) is 9.66. The van der Waals surface area contributed by atoms with Crippen molar-refractivity contribution in [1.82, 2.24) is 0 Å². The minimum absolute atomic E-state index is 0.0338. The summed E-state index contributed by atoms with van der Waals surface area (Å²) in [6.45, 7) is 13.5. The van der Waals surface area contributed by atoms with Crippen LogP contribution in [0.5, 0.6) is 0 Å². The molecule has 38 heavy (non-hydrogen) atoms. The highest BCUT2D eigenvalue weighted by Crippen LogP contribution is 2.74. The molecule has 0 aromatic carbocycles. The van der Waals surface area contributed by atoms with Gasteiger partial charge in [-0.1, -0.05) is 39.3 Å². The maximum Gasteiger partial charge on any atom is 0.331 e. The van der Waals surface area contributed by atoms with E-state index in [9.17, 15) is 29.7 Å². The first-order chi connectivity index (χ1) is 17.6. The van der Waals surface area contributed by atoms with Crippen LogP contribution in [0.2, 0.25) is 0 Å². The van der Waals surface area contributed by atoms with Gasteiger partial charge in [-0.3, -0.25) is 9.59 Å². The average Bonchev–Trinajstić information content (AvgIpc) is 3.09. The number of carbonyl (C=O) groups is 3. The number of Topliss-reactive ketones (excluding diaryl/α,β-unsaturated/α-hetero) is 1. The smallest absolute Gasteiger partial charge is 0.331 e. The Morgan fingerprint density at radius 2 is 1.76 bits per heavy atom.